The zero-order valence-corrected chi connectivity index (χ0v) is 11.0. The van der Waals surface area contributed by atoms with Gasteiger partial charge in [0.2, 0.25) is 0 Å². The molecule has 1 aromatic rings. The quantitative estimate of drug-likeness (QED) is 0.868. The number of rotatable bonds is 3. The average Bonchev–Trinajstić information content (AvgIpc) is 2.33. The average molecular weight is 294 g/mol. The topological polar surface area (TPSA) is 28.2 Å². The van der Waals surface area contributed by atoms with Gasteiger partial charge in [0.05, 0.1) is 12.2 Å². The molecule has 2 rings (SSSR count). The molecule has 1 saturated heterocycles. The van der Waals surface area contributed by atoms with Crippen LogP contribution in [0.2, 0.25) is 5.15 Å². The molecule has 0 radical (unpaired) electrons. The Morgan fingerprint density at radius 1 is 1.37 bits per heavy atom. The fraction of sp³-hybridized carbons (Fsp3) is 0.583. The van der Waals surface area contributed by atoms with Crippen molar-refractivity contribution in [1.82, 2.24) is 9.88 Å². The number of nitrogens with one attached hydrogen (secondary N) is 1. The van der Waals surface area contributed by atoms with E-state index < -0.39 is 12.7 Å². The molecule has 0 spiro atoms. The molecule has 1 aliphatic rings. The summed E-state index contributed by atoms with van der Waals surface area (Å²) in [5, 5.41) is 3.62. The summed E-state index contributed by atoms with van der Waals surface area (Å²) in [6, 6.07) is 3.73. The maximum atomic E-state index is 12.3. The Hall–Kier alpha value is -1.01. The van der Waals surface area contributed by atoms with Crippen molar-refractivity contribution in [2.75, 3.05) is 25.0 Å². The molecule has 2 heterocycles. The Bertz CT molecular complexity index is 417. The molecule has 106 valence electrons. The van der Waals surface area contributed by atoms with Crippen LogP contribution in [0.25, 0.3) is 0 Å². The lowest BCUT2D eigenvalue weighted by molar-refractivity contribution is -0.147. The van der Waals surface area contributed by atoms with Crippen LogP contribution in [0.15, 0.2) is 18.3 Å². The number of hydrogen-bond acceptors (Lipinski definition) is 3. The normalized spacial score (nSPS) is 18.5. The van der Waals surface area contributed by atoms with E-state index >= 15 is 0 Å². The number of anilines is 1. The van der Waals surface area contributed by atoms with Gasteiger partial charge in [-0.3, -0.25) is 4.90 Å². The van der Waals surface area contributed by atoms with Gasteiger partial charge in [-0.25, -0.2) is 4.98 Å². The zero-order chi connectivity index (χ0) is 13.9. The second-order valence-corrected chi connectivity index (χ2v) is 5.01. The molecular weight excluding hydrogens is 279 g/mol. The van der Waals surface area contributed by atoms with E-state index in [1.54, 1.807) is 12.3 Å². The SMILES string of the molecule is FC(F)(F)CN1CCC(Nc2cccnc2Cl)CC1. The van der Waals surface area contributed by atoms with E-state index in [9.17, 15) is 13.2 Å². The third kappa shape index (κ3) is 4.54. The minimum atomic E-state index is -4.12. The van der Waals surface area contributed by atoms with Gasteiger partial charge in [-0.15, -0.1) is 0 Å². The van der Waals surface area contributed by atoms with Crippen molar-refractivity contribution in [1.29, 1.82) is 0 Å². The Kier molecular flexibility index (Phi) is 4.52. The van der Waals surface area contributed by atoms with Crippen molar-refractivity contribution >= 4 is 17.3 Å². The Morgan fingerprint density at radius 3 is 2.63 bits per heavy atom. The van der Waals surface area contributed by atoms with E-state index in [-0.39, 0.29) is 6.04 Å². The number of halogens is 4. The maximum absolute atomic E-state index is 12.3. The Morgan fingerprint density at radius 2 is 2.05 bits per heavy atom. The first-order chi connectivity index (χ1) is 8.94. The molecule has 0 aliphatic carbocycles. The van der Waals surface area contributed by atoms with Gasteiger partial charge in [0.1, 0.15) is 0 Å². The summed E-state index contributed by atoms with van der Waals surface area (Å²) in [6.07, 6.45) is -1.19. The lowest BCUT2D eigenvalue weighted by Gasteiger charge is -2.33. The number of nitrogens with zero attached hydrogens (tertiary/aromatic N) is 2. The lowest BCUT2D eigenvalue weighted by Crippen LogP contribution is -2.43. The molecule has 0 atom stereocenters. The van der Waals surface area contributed by atoms with Gasteiger partial charge in [0, 0.05) is 25.3 Å². The monoisotopic (exact) mass is 293 g/mol. The van der Waals surface area contributed by atoms with Gasteiger partial charge in [0.25, 0.3) is 0 Å². The highest BCUT2D eigenvalue weighted by Gasteiger charge is 2.32. The first kappa shape index (κ1) is 14.4. The van der Waals surface area contributed by atoms with E-state index in [2.05, 4.69) is 10.3 Å². The number of piperidine rings is 1. The molecule has 0 unspecified atom stereocenters. The van der Waals surface area contributed by atoms with Crippen LogP contribution in [0.4, 0.5) is 18.9 Å². The van der Waals surface area contributed by atoms with Crippen LogP contribution in [-0.4, -0.2) is 41.7 Å². The van der Waals surface area contributed by atoms with Gasteiger partial charge in [-0.1, -0.05) is 11.6 Å². The number of pyridine rings is 1. The first-order valence-corrected chi connectivity index (χ1v) is 6.48. The zero-order valence-electron chi connectivity index (χ0n) is 10.3. The van der Waals surface area contributed by atoms with Crippen molar-refractivity contribution in [3.63, 3.8) is 0 Å². The van der Waals surface area contributed by atoms with E-state index in [1.165, 1.54) is 4.90 Å². The summed E-state index contributed by atoms with van der Waals surface area (Å²) in [6.45, 7) is 0.0531. The molecule has 19 heavy (non-hydrogen) atoms. The van der Waals surface area contributed by atoms with Crippen molar-refractivity contribution in [2.24, 2.45) is 0 Å². The summed E-state index contributed by atoms with van der Waals surface area (Å²) >= 11 is 5.93. The van der Waals surface area contributed by atoms with Gasteiger partial charge < -0.3 is 5.32 Å². The van der Waals surface area contributed by atoms with Crippen molar-refractivity contribution in [3.8, 4) is 0 Å². The van der Waals surface area contributed by atoms with Crippen LogP contribution >= 0.6 is 11.6 Å². The van der Waals surface area contributed by atoms with Gasteiger partial charge in [-0.05, 0) is 25.0 Å². The number of alkyl halides is 3. The number of aromatic nitrogens is 1. The standard InChI is InChI=1S/C12H15ClF3N3/c13-11-10(2-1-5-17-11)18-9-3-6-19(7-4-9)8-12(14,15)16/h1-2,5,9,18H,3-4,6-8H2. The van der Waals surface area contributed by atoms with Crippen LogP contribution in [0.5, 0.6) is 0 Å². The van der Waals surface area contributed by atoms with E-state index in [4.69, 9.17) is 11.6 Å². The lowest BCUT2D eigenvalue weighted by atomic mass is 10.0. The molecule has 3 nitrogen and oxygen atoms in total. The summed E-state index contributed by atoms with van der Waals surface area (Å²) in [5.74, 6) is 0. The second-order valence-electron chi connectivity index (χ2n) is 4.65. The Labute approximate surface area is 114 Å². The largest absolute Gasteiger partial charge is 0.401 e. The Balaban J connectivity index is 1.82. The molecule has 0 aromatic carbocycles. The second kappa shape index (κ2) is 5.96. The van der Waals surface area contributed by atoms with Crippen LogP contribution in [0.1, 0.15) is 12.8 Å². The van der Waals surface area contributed by atoms with Crippen molar-refractivity contribution in [3.05, 3.63) is 23.5 Å². The number of likely N-dealkylation sites (tertiary alicyclic amines) is 1. The summed E-state index contributed by atoms with van der Waals surface area (Å²) < 4.78 is 36.8. The van der Waals surface area contributed by atoms with E-state index in [0.717, 1.165) is 5.69 Å². The third-order valence-electron chi connectivity index (χ3n) is 3.11. The molecule has 1 fully saturated rings. The molecule has 1 aliphatic heterocycles. The van der Waals surface area contributed by atoms with Crippen molar-refractivity contribution in [2.45, 2.75) is 25.1 Å². The molecule has 1 aromatic heterocycles. The van der Waals surface area contributed by atoms with Crippen LogP contribution in [0.3, 0.4) is 0 Å². The van der Waals surface area contributed by atoms with E-state index in [0.29, 0.717) is 31.1 Å². The van der Waals surface area contributed by atoms with Crippen LogP contribution in [-0.2, 0) is 0 Å². The summed E-state index contributed by atoms with van der Waals surface area (Å²) in [5.41, 5.74) is 0.735. The number of hydrogen-bond donors (Lipinski definition) is 1. The maximum Gasteiger partial charge on any atom is 0.401 e. The smallest absolute Gasteiger partial charge is 0.380 e. The minimum absolute atomic E-state index is 0.145. The molecule has 0 saturated carbocycles. The third-order valence-corrected chi connectivity index (χ3v) is 3.41. The highest BCUT2D eigenvalue weighted by Crippen LogP contribution is 2.24. The van der Waals surface area contributed by atoms with Crippen LogP contribution in [0, 0.1) is 0 Å². The first-order valence-electron chi connectivity index (χ1n) is 6.10. The fourth-order valence-corrected chi connectivity index (χ4v) is 2.38. The summed E-state index contributed by atoms with van der Waals surface area (Å²) in [4.78, 5) is 5.39. The predicted octanol–water partition coefficient (Wildman–Crippen LogP) is 3.17. The molecule has 0 bridgehead atoms. The van der Waals surface area contributed by atoms with E-state index in [1.807, 2.05) is 6.07 Å². The highest BCUT2D eigenvalue weighted by molar-refractivity contribution is 6.31. The molecule has 1 N–H and O–H groups in total. The summed E-state index contributed by atoms with van der Waals surface area (Å²) in [7, 11) is 0. The fourth-order valence-electron chi connectivity index (χ4n) is 2.20. The molecular formula is C12H15ClF3N3. The van der Waals surface area contributed by atoms with Gasteiger partial charge >= 0.3 is 6.18 Å². The molecule has 0 amide bonds. The predicted molar refractivity (Wildman–Crippen MR) is 68.4 cm³/mol. The van der Waals surface area contributed by atoms with Gasteiger partial charge in [-0.2, -0.15) is 13.2 Å². The highest BCUT2D eigenvalue weighted by atomic mass is 35.5. The van der Waals surface area contributed by atoms with Gasteiger partial charge in [0.15, 0.2) is 5.15 Å². The minimum Gasteiger partial charge on any atom is -0.380 e. The van der Waals surface area contributed by atoms with Crippen LogP contribution < -0.4 is 5.32 Å². The van der Waals surface area contributed by atoms with Crippen molar-refractivity contribution < 1.29 is 13.2 Å². The molecule has 7 heteroatoms.